The minimum absolute atomic E-state index is 0.0395. The minimum Gasteiger partial charge on any atom is -0.508 e. The number of nitrogens with two attached hydrogens (primary N) is 1. The Balaban J connectivity index is 1.79. The molecule has 0 radical (unpaired) electrons. The standard InChI is InChI=1S/C28H28N2O8/c1-11-13-9-10-14(12-7-5-4-6-8-12)21(31)16(13)22(32)17-15(11)23(33)19-20(30(2)3)24(34)18(27(29)37)26(36)28(19,38)25(17)35/h4-11,15,19-20,23,31-33,36,38H,1-3H3,(H2,29,37)/t11-,15?,19?,20-,23-,28-/m0/s1. The van der Waals surface area contributed by atoms with E-state index in [4.69, 9.17) is 5.73 Å². The number of rotatable bonds is 3. The zero-order chi connectivity index (χ0) is 27.8. The lowest BCUT2D eigenvalue weighted by Crippen LogP contribution is -2.70. The van der Waals surface area contributed by atoms with E-state index < -0.39 is 75.6 Å². The van der Waals surface area contributed by atoms with Gasteiger partial charge in [0.2, 0.25) is 5.78 Å². The second-order valence-corrected chi connectivity index (χ2v) is 10.3. The van der Waals surface area contributed by atoms with Crippen LogP contribution in [0, 0.1) is 11.8 Å². The molecule has 0 aliphatic heterocycles. The number of phenols is 1. The van der Waals surface area contributed by atoms with Gasteiger partial charge in [-0.15, -0.1) is 0 Å². The minimum atomic E-state index is -2.93. The number of ketones is 2. The first-order valence-electron chi connectivity index (χ1n) is 12.1. The lowest BCUT2D eigenvalue weighted by atomic mass is 9.54. The van der Waals surface area contributed by atoms with Gasteiger partial charge in [0.05, 0.1) is 23.6 Å². The maximum Gasteiger partial charge on any atom is 0.255 e. The second-order valence-electron chi connectivity index (χ2n) is 10.3. The number of benzene rings is 2. The number of phenolic OH excluding ortho intramolecular Hbond substituents is 1. The molecule has 2 aromatic carbocycles. The van der Waals surface area contributed by atoms with Crippen molar-refractivity contribution >= 4 is 23.2 Å². The van der Waals surface area contributed by atoms with E-state index >= 15 is 0 Å². The summed E-state index contributed by atoms with van der Waals surface area (Å²) in [5.41, 5.74) is 2.49. The van der Waals surface area contributed by atoms with E-state index in [0.29, 0.717) is 16.7 Å². The van der Waals surface area contributed by atoms with Gasteiger partial charge in [-0.25, -0.2) is 0 Å². The first kappa shape index (κ1) is 25.7. The molecule has 1 saturated carbocycles. The highest BCUT2D eigenvalue weighted by atomic mass is 16.4. The number of aliphatic hydroxyl groups is 4. The third-order valence-corrected chi connectivity index (χ3v) is 8.21. The molecular weight excluding hydrogens is 492 g/mol. The van der Waals surface area contributed by atoms with Gasteiger partial charge in [0.15, 0.2) is 11.4 Å². The monoisotopic (exact) mass is 520 g/mol. The number of hydrogen-bond donors (Lipinski definition) is 6. The van der Waals surface area contributed by atoms with Gasteiger partial charge in [-0.2, -0.15) is 0 Å². The van der Waals surface area contributed by atoms with Crippen LogP contribution in [0.15, 0.2) is 59.4 Å². The first-order chi connectivity index (χ1) is 17.8. The molecule has 0 saturated heterocycles. The van der Waals surface area contributed by atoms with Crippen molar-refractivity contribution in [3.05, 3.63) is 70.5 Å². The van der Waals surface area contributed by atoms with E-state index in [2.05, 4.69) is 0 Å². The molecule has 10 nitrogen and oxygen atoms in total. The normalized spacial score (nSPS) is 30.7. The molecule has 1 fully saturated rings. The van der Waals surface area contributed by atoms with Crippen molar-refractivity contribution in [3.8, 4) is 16.9 Å². The summed E-state index contributed by atoms with van der Waals surface area (Å²) in [7, 11) is 2.93. The zero-order valence-corrected chi connectivity index (χ0v) is 20.9. The predicted octanol–water partition coefficient (Wildman–Crippen LogP) is 1.16. The molecule has 0 spiro atoms. The number of aliphatic hydroxyl groups excluding tert-OH is 3. The van der Waals surface area contributed by atoms with Crippen LogP contribution in [-0.4, -0.2) is 79.7 Å². The number of amides is 1. The van der Waals surface area contributed by atoms with Crippen molar-refractivity contribution in [2.24, 2.45) is 17.6 Å². The molecule has 6 atom stereocenters. The molecular formula is C28H28N2O8. The number of nitrogens with zero attached hydrogens (tertiary/aromatic N) is 1. The van der Waals surface area contributed by atoms with Crippen molar-refractivity contribution in [1.29, 1.82) is 0 Å². The van der Waals surface area contributed by atoms with E-state index in [1.807, 2.05) is 0 Å². The van der Waals surface area contributed by atoms with Gasteiger partial charge in [0.1, 0.15) is 22.8 Å². The van der Waals surface area contributed by atoms with Crippen molar-refractivity contribution < 1.29 is 39.9 Å². The van der Waals surface area contributed by atoms with Gasteiger partial charge in [-0.3, -0.25) is 19.3 Å². The third kappa shape index (κ3) is 3.14. The van der Waals surface area contributed by atoms with E-state index in [1.165, 1.54) is 19.0 Å². The predicted molar refractivity (Wildman–Crippen MR) is 136 cm³/mol. The van der Waals surface area contributed by atoms with Crippen LogP contribution in [0.1, 0.15) is 24.0 Å². The molecule has 3 aliphatic rings. The van der Waals surface area contributed by atoms with Gasteiger partial charge in [0.25, 0.3) is 5.91 Å². The number of primary amides is 1. The number of likely N-dealkylation sites (N-methyl/N-ethyl adjacent to an activating group) is 1. The van der Waals surface area contributed by atoms with Gasteiger partial charge >= 0.3 is 0 Å². The fraction of sp³-hybridized carbons (Fsp3) is 0.321. The first-order valence-corrected chi connectivity index (χ1v) is 12.1. The molecule has 5 rings (SSSR count). The summed E-state index contributed by atoms with van der Waals surface area (Å²) < 4.78 is 0. The average Bonchev–Trinajstić information content (AvgIpc) is 2.86. The van der Waals surface area contributed by atoms with Crippen LogP contribution in [0.25, 0.3) is 16.9 Å². The Kier molecular flexibility index (Phi) is 5.75. The quantitative estimate of drug-likeness (QED) is 0.324. The molecule has 0 heterocycles. The molecule has 38 heavy (non-hydrogen) atoms. The molecule has 1 amide bonds. The van der Waals surface area contributed by atoms with Crippen molar-refractivity contribution in [2.75, 3.05) is 14.1 Å². The summed E-state index contributed by atoms with van der Waals surface area (Å²) in [5.74, 6) is -9.03. The summed E-state index contributed by atoms with van der Waals surface area (Å²) in [6.45, 7) is 1.69. The topological polar surface area (TPSA) is 182 Å². The Bertz CT molecular complexity index is 1460. The van der Waals surface area contributed by atoms with Gasteiger partial charge < -0.3 is 31.3 Å². The van der Waals surface area contributed by atoms with Crippen LogP contribution in [0.4, 0.5) is 0 Å². The van der Waals surface area contributed by atoms with E-state index in [0.717, 1.165) is 0 Å². The number of hydrogen-bond acceptors (Lipinski definition) is 9. The lowest BCUT2D eigenvalue weighted by molar-refractivity contribution is -0.169. The molecule has 0 bridgehead atoms. The zero-order valence-electron chi connectivity index (χ0n) is 20.9. The van der Waals surface area contributed by atoms with Gasteiger partial charge in [-0.05, 0) is 31.1 Å². The van der Waals surface area contributed by atoms with Gasteiger partial charge in [0, 0.05) is 17.1 Å². The van der Waals surface area contributed by atoms with Crippen LogP contribution in [-0.2, 0) is 14.4 Å². The highest BCUT2D eigenvalue weighted by Crippen LogP contribution is 2.56. The highest BCUT2D eigenvalue weighted by molar-refractivity contribution is 6.24. The SMILES string of the molecule is C[C@H]1c2ccc(-c3ccccc3)c(O)c2C(O)=C2C(=O)[C@]3(O)C(O)=C(C(N)=O)C(=O)[C@@H](N(C)C)C3[C@@H](O)C21. The van der Waals surface area contributed by atoms with Crippen molar-refractivity contribution in [1.82, 2.24) is 4.90 Å². The number of carbonyl (C=O) groups excluding carboxylic acids is 3. The van der Waals surface area contributed by atoms with E-state index in [9.17, 15) is 39.9 Å². The van der Waals surface area contributed by atoms with Crippen LogP contribution >= 0.6 is 0 Å². The highest BCUT2D eigenvalue weighted by Gasteiger charge is 2.68. The molecule has 2 aromatic rings. The Morgan fingerprint density at radius 2 is 1.66 bits per heavy atom. The smallest absolute Gasteiger partial charge is 0.255 e. The number of aromatic hydroxyl groups is 1. The maximum atomic E-state index is 14.0. The summed E-state index contributed by atoms with van der Waals surface area (Å²) >= 11 is 0. The summed E-state index contributed by atoms with van der Waals surface area (Å²) in [4.78, 5) is 40.7. The lowest BCUT2D eigenvalue weighted by Gasteiger charge is -2.53. The van der Waals surface area contributed by atoms with Crippen molar-refractivity contribution in [2.45, 2.75) is 30.6 Å². The number of carbonyl (C=O) groups is 3. The molecule has 7 N–H and O–H groups in total. The second kappa shape index (κ2) is 8.52. The van der Waals surface area contributed by atoms with Crippen LogP contribution in [0.5, 0.6) is 5.75 Å². The van der Waals surface area contributed by atoms with E-state index in [-0.39, 0.29) is 11.3 Å². The summed E-state index contributed by atoms with van der Waals surface area (Å²) in [6.07, 6.45) is -1.62. The fourth-order valence-electron chi connectivity index (χ4n) is 6.47. The van der Waals surface area contributed by atoms with Crippen LogP contribution < -0.4 is 5.73 Å². The number of fused-ring (bicyclic) bond motifs is 3. The Morgan fingerprint density at radius 3 is 2.24 bits per heavy atom. The summed E-state index contributed by atoms with van der Waals surface area (Å²) in [6, 6.07) is 10.9. The number of Topliss-reactive ketones (excluding diaryl/α,β-unsaturated/α-hetero) is 2. The maximum absolute atomic E-state index is 14.0. The van der Waals surface area contributed by atoms with E-state index in [1.54, 1.807) is 49.4 Å². The molecule has 198 valence electrons. The largest absolute Gasteiger partial charge is 0.508 e. The molecule has 0 aromatic heterocycles. The molecule has 3 aliphatic carbocycles. The van der Waals surface area contributed by atoms with Crippen LogP contribution in [0.3, 0.4) is 0 Å². The van der Waals surface area contributed by atoms with Crippen LogP contribution in [0.2, 0.25) is 0 Å². The summed E-state index contributed by atoms with van der Waals surface area (Å²) in [5, 5.41) is 57.0. The van der Waals surface area contributed by atoms with Gasteiger partial charge in [-0.1, -0.05) is 49.4 Å². The Morgan fingerprint density at radius 1 is 1.03 bits per heavy atom. The third-order valence-electron chi connectivity index (χ3n) is 8.21. The Labute approximate surface area is 217 Å². The molecule has 10 heteroatoms. The average molecular weight is 521 g/mol. The molecule has 2 unspecified atom stereocenters. The van der Waals surface area contributed by atoms with Crippen molar-refractivity contribution in [3.63, 3.8) is 0 Å². The Hall–Kier alpha value is -3.99. The fourth-order valence-corrected chi connectivity index (χ4v) is 6.47.